The minimum absolute atomic E-state index is 0.403. The molecule has 2 heterocycles. The first-order valence-corrected chi connectivity index (χ1v) is 5.47. The molecule has 0 unspecified atom stereocenters. The van der Waals surface area contributed by atoms with Crippen molar-refractivity contribution in [2.45, 2.75) is 39.5 Å². The van der Waals surface area contributed by atoms with Crippen molar-refractivity contribution < 1.29 is 4.42 Å². The molecule has 0 aromatic carbocycles. The van der Waals surface area contributed by atoms with Crippen molar-refractivity contribution in [3.63, 3.8) is 0 Å². The van der Waals surface area contributed by atoms with Crippen molar-refractivity contribution >= 4 is 11.0 Å². The predicted octanol–water partition coefficient (Wildman–Crippen LogP) is 4.07. The summed E-state index contributed by atoms with van der Waals surface area (Å²) in [5, 5.41) is 1.21. The second-order valence-electron chi connectivity index (χ2n) is 4.57. The highest BCUT2D eigenvalue weighted by Crippen LogP contribution is 2.30. The first-order chi connectivity index (χ1) is 7.11. The lowest BCUT2D eigenvalue weighted by molar-refractivity contribution is 0.602. The molecule has 0 amide bonds. The number of nitrogens with zero attached hydrogens (tertiary/aromatic N) is 1. The molecule has 2 aromatic heterocycles. The number of hydrogen-bond acceptors (Lipinski definition) is 2. The smallest absolute Gasteiger partial charge is 0.155 e. The number of fused-ring (bicyclic) bond motifs is 1. The Morgan fingerprint density at radius 2 is 1.87 bits per heavy atom. The summed E-state index contributed by atoms with van der Waals surface area (Å²) in [5.74, 6) is 0.888. The Morgan fingerprint density at radius 1 is 1.13 bits per heavy atom. The summed E-state index contributed by atoms with van der Waals surface area (Å²) in [7, 11) is 0. The molecule has 15 heavy (non-hydrogen) atoms. The molecule has 0 saturated heterocycles. The van der Waals surface area contributed by atoms with Crippen LogP contribution in [0.3, 0.4) is 0 Å². The molecule has 2 nitrogen and oxygen atoms in total. The standard InChI is InChI=1S/C13H17NO/c1-8(2)11-7-14-12(9(3)4)13-10(11)5-6-15-13/h5-9H,1-4H3. The highest BCUT2D eigenvalue weighted by Gasteiger charge is 2.14. The van der Waals surface area contributed by atoms with E-state index in [1.807, 2.05) is 12.3 Å². The van der Waals surface area contributed by atoms with E-state index >= 15 is 0 Å². The highest BCUT2D eigenvalue weighted by molar-refractivity contribution is 5.83. The number of aromatic nitrogens is 1. The lowest BCUT2D eigenvalue weighted by atomic mass is 9.99. The van der Waals surface area contributed by atoms with Gasteiger partial charge in [-0.3, -0.25) is 4.98 Å². The molecule has 0 N–H and O–H groups in total. The zero-order chi connectivity index (χ0) is 11.0. The Morgan fingerprint density at radius 3 is 2.47 bits per heavy atom. The predicted molar refractivity (Wildman–Crippen MR) is 62.2 cm³/mol. The topological polar surface area (TPSA) is 26.0 Å². The molecule has 0 aliphatic carbocycles. The van der Waals surface area contributed by atoms with Gasteiger partial charge in [0, 0.05) is 11.6 Å². The number of hydrogen-bond donors (Lipinski definition) is 0. The van der Waals surface area contributed by atoms with E-state index in [9.17, 15) is 0 Å². The monoisotopic (exact) mass is 203 g/mol. The Balaban J connectivity index is 2.71. The third-order valence-corrected chi connectivity index (χ3v) is 2.72. The molecule has 0 saturated carbocycles. The van der Waals surface area contributed by atoms with Crippen molar-refractivity contribution in [1.82, 2.24) is 4.98 Å². The van der Waals surface area contributed by atoms with E-state index in [-0.39, 0.29) is 0 Å². The first-order valence-electron chi connectivity index (χ1n) is 5.47. The van der Waals surface area contributed by atoms with Gasteiger partial charge in [0.15, 0.2) is 5.58 Å². The van der Waals surface area contributed by atoms with E-state index in [0.717, 1.165) is 11.3 Å². The van der Waals surface area contributed by atoms with Crippen molar-refractivity contribution in [3.05, 3.63) is 29.8 Å². The van der Waals surface area contributed by atoms with Crippen molar-refractivity contribution in [1.29, 1.82) is 0 Å². The van der Waals surface area contributed by atoms with Crippen LogP contribution in [0.5, 0.6) is 0 Å². The molecule has 0 aliphatic rings. The van der Waals surface area contributed by atoms with Crippen LogP contribution in [0, 0.1) is 0 Å². The van der Waals surface area contributed by atoms with Gasteiger partial charge in [-0.2, -0.15) is 0 Å². The lowest BCUT2D eigenvalue weighted by Crippen LogP contribution is -1.97. The van der Waals surface area contributed by atoms with Crippen LogP contribution in [0.25, 0.3) is 11.0 Å². The Bertz CT molecular complexity index is 426. The van der Waals surface area contributed by atoms with Crippen molar-refractivity contribution in [2.75, 3.05) is 0 Å². The fourth-order valence-electron chi connectivity index (χ4n) is 1.87. The maximum absolute atomic E-state index is 5.54. The largest absolute Gasteiger partial charge is 0.462 e. The maximum Gasteiger partial charge on any atom is 0.155 e. The fraction of sp³-hybridized carbons (Fsp3) is 0.462. The van der Waals surface area contributed by atoms with Crippen LogP contribution < -0.4 is 0 Å². The third-order valence-electron chi connectivity index (χ3n) is 2.72. The maximum atomic E-state index is 5.54. The Kier molecular flexibility index (Phi) is 2.51. The molecular formula is C13H17NO. The molecular weight excluding hydrogens is 186 g/mol. The molecule has 0 fully saturated rings. The van der Waals surface area contributed by atoms with Gasteiger partial charge < -0.3 is 4.42 Å². The molecule has 0 spiro atoms. The number of rotatable bonds is 2. The average molecular weight is 203 g/mol. The van der Waals surface area contributed by atoms with Gasteiger partial charge in [-0.25, -0.2) is 0 Å². The second-order valence-corrected chi connectivity index (χ2v) is 4.57. The van der Waals surface area contributed by atoms with Gasteiger partial charge in [-0.1, -0.05) is 27.7 Å². The van der Waals surface area contributed by atoms with Crippen LogP contribution >= 0.6 is 0 Å². The molecule has 0 aliphatic heterocycles. The van der Waals surface area contributed by atoms with E-state index in [0.29, 0.717) is 11.8 Å². The van der Waals surface area contributed by atoms with Gasteiger partial charge in [0.1, 0.15) is 0 Å². The summed E-state index contributed by atoms with van der Waals surface area (Å²) in [4.78, 5) is 4.51. The fourth-order valence-corrected chi connectivity index (χ4v) is 1.87. The first kappa shape index (κ1) is 10.2. The minimum Gasteiger partial charge on any atom is -0.462 e. The van der Waals surface area contributed by atoms with E-state index in [1.165, 1.54) is 10.9 Å². The van der Waals surface area contributed by atoms with Crippen LogP contribution in [0.1, 0.15) is 50.8 Å². The summed E-state index contributed by atoms with van der Waals surface area (Å²) in [5.41, 5.74) is 3.28. The average Bonchev–Trinajstić information content (AvgIpc) is 2.63. The number of furan rings is 1. The summed E-state index contributed by atoms with van der Waals surface area (Å²) in [6.45, 7) is 8.63. The van der Waals surface area contributed by atoms with Gasteiger partial charge in [-0.15, -0.1) is 0 Å². The van der Waals surface area contributed by atoms with Crippen LogP contribution in [-0.2, 0) is 0 Å². The second kappa shape index (κ2) is 3.69. The van der Waals surface area contributed by atoms with E-state index in [2.05, 4.69) is 32.7 Å². The van der Waals surface area contributed by atoms with Gasteiger partial charge in [0.05, 0.1) is 12.0 Å². The normalized spacial score (nSPS) is 11.9. The van der Waals surface area contributed by atoms with Crippen LogP contribution in [0.4, 0.5) is 0 Å². The zero-order valence-corrected chi connectivity index (χ0v) is 9.74. The Hall–Kier alpha value is -1.31. The van der Waals surface area contributed by atoms with Gasteiger partial charge >= 0.3 is 0 Å². The van der Waals surface area contributed by atoms with E-state index in [1.54, 1.807) is 6.26 Å². The molecule has 80 valence electrons. The molecule has 0 bridgehead atoms. The zero-order valence-electron chi connectivity index (χ0n) is 9.74. The van der Waals surface area contributed by atoms with Crippen LogP contribution in [0.2, 0.25) is 0 Å². The summed E-state index contributed by atoms with van der Waals surface area (Å²) in [6.07, 6.45) is 3.74. The molecule has 0 radical (unpaired) electrons. The lowest BCUT2D eigenvalue weighted by Gasteiger charge is -2.10. The molecule has 2 heteroatoms. The van der Waals surface area contributed by atoms with Gasteiger partial charge in [0.25, 0.3) is 0 Å². The van der Waals surface area contributed by atoms with Gasteiger partial charge in [-0.05, 0) is 23.5 Å². The number of pyridine rings is 1. The van der Waals surface area contributed by atoms with Gasteiger partial charge in [0.2, 0.25) is 0 Å². The molecule has 0 atom stereocenters. The van der Waals surface area contributed by atoms with Crippen LogP contribution in [0.15, 0.2) is 22.9 Å². The third kappa shape index (κ3) is 1.65. The van der Waals surface area contributed by atoms with Crippen molar-refractivity contribution in [3.8, 4) is 0 Å². The minimum atomic E-state index is 0.403. The van der Waals surface area contributed by atoms with Crippen LogP contribution in [-0.4, -0.2) is 4.98 Å². The summed E-state index contributed by atoms with van der Waals surface area (Å²) >= 11 is 0. The van der Waals surface area contributed by atoms with E-state index < -0.39 is 0 Å². The Labute approximate surface area is 90.3 Å². The van der Waals surface area contributed by atoms with E-state index in [4.69, 9.17) is 4.42 Å². The highest BCUT2D eigenvalue weighted by atomic mass is 16.3. The summed E-state index contributed by atoms with van der Waals surface area (Å²) in [6, 6.07) is 2.04. The molecule has 2 aromatic rings. The quantitative estimate of drug-likeness (QED) is 0.735. The molecule has 2 rings (SSSR count). The summed E-state index contributed by atoms with van der Waals surface area (Å²) < 4.78 is 5.54. The SMILES string of the molecule is CC(C)c1cnc(C(C)C)c2occc12. The van der Waals surface area contributed by atoms with Crippen molar-refractivity contribution in [2.24, 2.45) is 0 Å².